The number of likely N-dealkylation sites (N-methyl/N-ethyl adjacent to an activating group) is 1. The average Bonchev–Trinajstić information content (AvgIpc) is 3.09. The molecule has 2 aromatic rings. The van der Waals surface area contributed by atoms with Crippen molar-refractivity contribution in [3.8, 4) is 17.2 Å². The third-order valence-electron chi connectivity index (χ3n) is 4.91. The first-order valence-corrected chi connectivity index (χ1v) is 8.92. The van der Waals surface area contributed by atoms with Gasteiger partial charge in [0.05, 0.1) is 11.6 Å². The summed E-state index contributed by atoms with van der Waals surface area (Å²) in [7, 11) is 3.88. The molecule has 0 aromatic heterocycles. The lowest BCUT2D eigenvalue weighted by Gasteiger charge is -2.36. The van der Waals surface area contributed by atoms with Crippen molar-refractivity contribution in [1.29, 1.82) is 0 Å². The minimum atomic E-state index is 0.242. The van der Waals surface area contributed by atoms with Gasteiger partial charge in [0.25, 0.3) is 0 Å². The standard InChI is InChI=1S/C19H20BrNO3/c1-21-9-8-13-15(14(21)10-12-6-4-3-5-7-12)17(22-2)19-18(16(13)20)23-11-24-19/h3-7,14H,8-11H2,1-2H3. The van der Waals surface area contributed by atoms with E-state index in [1.54, 1.807) is 7.11 Å². The molecular weight excluding hydrogens is 370 g/mol. The zero-order valence-electron chi connectivity index (χ0n) is 13.8. The third-order valence-corrected chi connectivity index (χ3v) is 5.75. The Kier molecular flexibility index (Phi) is 4.14. The minimum absolute atomic E-state index is 0.242. The maximum atomic E-state index is 5.77. The van der Waals surface area contributed by atoms with Gasteiger partial charge in [0.2, 0.25) is 12.5 Å². The van der Waals surface area contributed by atoms with Crippen LogP contribution in [-0.2, 0) is 12.8 Å². The Morgan fingerprint density at radius 1 is 1.21 bits per heavy atom. The summed E-state index contributed by atoms with van der Waals surface area (Å²) in [5.41, 5.74) is 3.81. The molecule has 0 saturated heterocycles. The van der Waals surface area contributed by atoms with Crippen molar-refractivity contribution in [3.63, 3.8) is 0 Å². The summed E-state index contributed by atoms with van der Waals surface area (Å²) in [6, 6.07) is 10.8. The van der Waals surface area contributed by atoms with Crippen LogP contribution >= 0.6 is 15.9 Å². The molecule has 0 spiro atoms. The third kappa shape index (κ3) is 2.47. The Morgan fingerprint density at radius 3 is 2.71 bits per heavy atom. The van der Waals surface area contributed by atoms with Gasteiger partial charge < -0.3 is 14.2 Å². The van der Waals surface area contributed by atoms with E-state index in [-0.39, 0.29) is 12.8 Å². The molecule has 24 heavy (non-hydrogen) atoms. The predicted octanol–water partition coefficient (Wildman–Crippen LogP) is 3.96. The molecule has 2 aliphatic heterocycles. The fourth-order valence-electron chi connectivity index (χ4n) is 3.68. The van der Waals surface area contributed by atoms with E-state index < -0.39 is 0 Å². The second-order valence-corrected chi connectivity index (χ2v) is 7.03. The van der Waals surface area contributed by atoms with Gasteiger partial charge in [0.15, 0.2) is 11.5 Å². The molecule has 0 bridgehead atoms. The van der Waals surface area contributed by atoms with Gasteiger partial charge in [0, 0.05) is 18.2 Å². The Bertz CT molecular complexity index is 763. The molecule has 5 heteroatoms. The minimum Gasteiger partial charge on any atom is -0.492 e. The van der Waals surface area contributed by atoms with Crippen LogP contribution in [0.25, 0.3) is 0 Å². The van der Waals surface area contributed by atoms with Crippen molar-refractivity contribution in [2.24, 2.45) is 0 Å². The number of hydrogen-bond acceptors (Lipinski definition) is 4. The fourth-order valence-corrected chi connectivity index (χ4v) is 4.39. The molecule has 126 valence electrons. The first-order valence-electron chi connectivity index (χ1n) is 8.12. The smallest absolute Gasteiger partial charge is 0.231 e. The van der Waals surface area contributed by atoms with E-state index >= 15 is 0 Å². The zero-order valence-corrected chi connectivity index (χ0v) is 15.4. The SMILES string of the molecule is COc1c2c(c(Br)c3c1C(Cc1ccccc1)N(C)CC3)OCO2. The lowest BCUT2D eigenvalue weighted by Crippen LogP contribution is -2.34. The van der Waals surface area contributed by atoms with Gasteiger partial charge in [-0.15, -0.1) is 0 Å². The van der Waals surface area contributed by atoms with Crippen LogP contribution in [0.15, 0.2) is 34.8 Å². The second-order valence-electron chi connectivity index (χ2n) is 6.24. The van der Waals surface area contributed by atoms with Gasteiger partial charge in [0.1, 0.15) is 0 Å². The molecule has 0 fully saturated rings. The van der Waals surface area contributed by atoms with Crippen molar-refractivity contribution in [2.45, 2.75) is 18.9 Å². The molecule has 0 saturated carbocycles. The number of halogens is 1. The Labute approximate surface area is 150 Å². The molecule has 1 atom stereocenters. The lowest BCUT2D eigenvalue weighted by atomic mass is 9.87. The molecule has 0 amide bonds. The molecule has 0 aliphatic carbocycles. The predicted molar refractivity (Wildman–Crippen MR) is 96.0 cm³/mol. The van der Waals surface area contributed by atoms with Gasteiger partial charge in [-0.05, 0) is 46.9 Å². The van der Waals surface area contributed by atoms with E-state index in [2.05, 4.69) is 58.2 Å². The Balaban J connectivity index is 1.86. The maximum Gasteiger partial charge on any atom is 0.231 e. The van der Waals surface area contributed by atoms with Crippen LogP contribution in [0, 0.1) is 0 Å². The number of fused-ring (bicyclic) bond motifs is 2. The number of methoxy groups -OCH3 is 1. The van der Waals surface area contributed by atoms with Crippen molar-refractivity contribution < 1.29 is 14.2 Å². The van der Waals surface area contributed by atoms with E-state index in [0.29, 0.717) is 0 Å². The summed E-state index contributed by atoms with van der Waals surface area (Å²) in [6.07, 6.45) is 1.90. The molecule has 4 nitrogen and oxygen atoms in total. The van der Waals surface area contributed by atoms with E-state index in [9.17, 15) is 0 Å². The first-order chi connectivity index (χ1) is 11.7. The zero-order chi connectivity index (χ0) is 16.7. The molecule has 0 radical (unpaired) electrons. The Hall–Kier alpha value is -1.72. The van der Waals surface area contributed by atoms with Crippen LogP contribution in [0.5, 0.6) is 17.2 Å². The molecular formula is C19H20BrNO3. The normalized spacial score (nSPS) is 19.2. The lowest BCUT2D eigenvalue weighted by molar-refractivity contribution is 0.170. The quantitative estimate of drug-likeness (QED) is 0.794. The van der Waals surface area contributed by atoms with Crippen LogP contribution in [0.4, 0.5) is 0 Å². The topological polar surface area (TPSA) is 30.9 Å². The van der Waals surface area contributed by atoms with Gasteiger partial charge in [-0.2, -0.15) is 0 Å². The van der Waals surface area contributed by atoms with Crippen LogP contribution in [-0.4, -0.2) is 32.4 Å². The summed E-state index contributed by atoms with van der Waals surface area (Å²) < 4.78 is 18.1. The first kappa shape index (κ1) is 15.8. The van der Waals surface area contributed by atoms with E-state index in [0.717, 1.165) is 41.1 Å². The van der Waals surface area contributed by atoms with Crippen LogP contribution in [0.2, 0.25) is 0 Å². The fraction of sp³-hybridized carbons (Fsp3) is 0.368. The number of ether oxygens (including phenoxy) is 3. The van der Waals surface area contributed by atoms with Gasteiger partial charge in [-0.25, -0.2) is 0 Å². The van der Waals surface area contributed by atoms with E-state index in [1.165, 1.54) is 16.7 Å². The average molecular weight is 390 g/mol. The van der Waals surface area contributed by atoms with Crippen LogP contribution in [0.3, 0.4) is 0 Å². The number of hydrogen-bond donors (Lipinski definition) is 0. The maximum absolute atomic E-state index is 5.77. The summed E-state index contributed by atoms with van der Waals surface area (Å²) in [6.45, 7) is 1.25. The van der Waals surface area contributed by atoms with Gasteiger partial charge in [-0.1, -0.05) is 30.3 Å². The summed E-state index contributed by atoms with van der Waals surface area (Å²) in [5.74, 6) is 2.30. The second kappa shape index (κ2) is 6.30. The van der Waals surface area contributed by atoms with Crippen molar-refractivity contribution in [1.82, 2.24) is 4.90 Å². The van der Waals surface area contributed by atoms with Crippen molar-refractivity contribution >= 4 is 15.9 Å². The highest BCUT2D eigenvalue weighted by molar-refractivity contribution is 9.10. The van der Waals surface area contributed by atoms with Crippen LogP contribution < -0.4 is 14.2 Å². The summed E-state index contributed by atoms with van der Waals surface area (Å²) in [4.78, 5) is 2.40. The largest absolute Gasteiger partial charge is 0.492 e. The Morgan fingerprint density at radius 2 is 1.96 bits per heavy atom. The monoisotopic (exact) mass is 389 g/mol. The summed E-state index contributed by atoms with van der Waals surface area (Å²) in [5, 5.41) is 0. The van der Waals surface area contributed by atoms with Crippen molar-refractivity contribution in [2.75, 3.05) is 27.5 Å². The highest BCUT2D eigenvalue weighted by Crippen LogP contribution is 2.54. The van der Waals surface area contributed by atoms with E-state index in [1.807, 2.05) is 0 Å². The van der Waals surface area contributed by atoms with Gasteiger partial charge in [-0.3, -0.25) is 4.90 Å². The molecule has 2 aliphatic rings. The molecule has 2 aromatic carbocycles. The summed E-state index contributed by atoms with van der Waals surface area (Å²) >= 11 is 3.74. The number of benzene rings is 2. The highest BCUT2D eigenvalue weighted by atomic mass is 79.9. The highest BCUT2D eigenvalue weighted by Gasteiger charge is 2.36. The van der Waals surface area contributed by atoms with E-state index in [4.69, 9.17) is 14.2 Å². The molecule has 1 unspecified atom stereocenters. The molecule has 4 rings (SSSR count). The van der Waals surface area contributed by atoms with Gasteiger partial charge >= 0.3 is 0 Å². The number of nitrogens with zero attached hydrogens (tertiary/aromatic N) is 1. The molecule has 2 heterocycles. The number of rotatable bonds is 3. The van der Waals surface area contributed by atoms with Crippen molar-refractivity contribution in [3.05, 3.63) is 51.5 Å². The van der Waals surface area contributed by atoms with Crippen LogP contribution in [0.1, 0.15) is 22.7 Å². The molecule has 0 N–H and O–H groups in total.